The van der Waals surface area contributed by atoms with E-state index in [2.05, 4.69) is 81.0 Å². The third-order valence-electron chi connectivity index (χ3n) is 9.37. The van der Waals surface area contributed by atoms with Crippen LogP contribution in [0.5, 0.6) is 0 Å². The van der Waals surface area contributed by atoms with Crippen molar-refractivity contribution in [2.75, 3.05) is 0 Å². The second-order valence-corrected chi connectivity index (χ2v) is 18.7. The summed E-state index contributed by atoms with van der Waals surface area (Å²) >= 11 is 0. The van der Waals surface area contributed by atoms with Crippen LogP contribution >= 0.6 is 0 Å². The van der Waals surface area contributed by atoms with E-state index in [1.807, 2.05) is 0 Å². The molecule has 1 saturated heterocycles. The predicted octanol–water partition coefficient (Wildman–Crippen LogP) is 8.20. The third-order valence-corrected chi connectivity index (χ3v) is 10.5. The number of rotatable bonds is 8. The molecule has 2 aliphatic carbocycles. The molecule has 3 aliphatic rings. The van der Waals surface area contributed by atoms with Gasteiger partial charge >= 0.3 is 7.12 Å². The molecule has 0 N–H and O–H groups in total. The van der Waals surface area contributed by atoms with Crippen LogP contribution in [0.4, 0.5) is 0 Å². The van der Waals surface area contributed by atoms with Crippen LogP contribution in [0.3, 0.4) is 0 Å². The molecule has 5 heteroatoms. The molecule has 1 heterocycles. The molecule has 0 bridgehead atoms. The van der Waals surface area contributed by atoms with Gasteiger partial charge in [0, 0.05) is 0 Å². The van der Waals surface area contributed by atoms with E-state index in [0.717, 1.165) is 11.8 Å². The summed E-state index contributed by atoms with van der Waals surface area (Å²) in [4.78, 5) is 0. The first-order chi connectivity index (χ1) is 15.0. The summed E-state index contributed by atoms with van der Waals surface area (Å²) in [6.07, 6.45) is 10.4. The van der Waals surface area contributed by atoms with E-state index in [9.17, 15) is 0 Å². The Labute approximate surface area is 207 Å². The summed E-state index contributed by atoms with van der Waals surface area (Å²) in [5, 5.41) is 0. The number of hydrogen-bond acceptors (Lipinski definition) is 3. The lowest BCUT2D eigenvalue weighted by Gasteiger charge is -2.44. The van der Waals surface area contributed by atoms with Crippen molar-refractivity contribution in [1.29, 1.82) is 0 Å². The van der Waals surface area contributed by atoms with Gasteiger partial charge in [-0.05, 0) is 123 Å². The highest BCUT2D eigenvalue weighted by Gasteiger charge is 2.53. The summed E-state index contributed by atoms with van der Waals surface area (Å²) < 4.78 is 19.1. The van der Waals surface area contributed by atoms with Crippen LogP contribution in [0, 0.1) is 23.2 Å². The van der Waals surface area contributed by atoms with E-state index >= 15 is 0 Å². The fourth-order valence-corrected chi connectivity index (χ4v) is 9.04. The van der Waals surface area contributed by atoms with Crippen molar-refractivity contribution < 1.29 is 13.7 Å². The Kier molecular flexibility index (Phi) is 7.84. The normalized spacial score (nSPS) is 34.0. The molecule has 3 rings (SSSR count). The average Bonchev–Trinajstić information content (AvgIpc) is 3.05. The molecule has 33 heavy (non-hydrogen) atoms. The van der Waals surface area contributed by atoms with E-state index in [-0.39, 0.29) is 23.9 Å². The minimum absolute atomic E-state index is 0.00981. The summed E-state index contributed by atoms with van der Waals surface area (Å²) in [7, 11) is -1.70. The van der Waals surface area contributed by atoms with E-state index in [0.29, 0.717) is 11.3 Å². The van der Waals surface area contributed by atoms with Crippen molar-refractivity contribution in [2.24, 2.45) is 23.2 Å². The Morgan fingerprint density at radius 2 is 1.70 bits per heavy atom. The molecule has 0 aromatic rings. The monoisotopic (exact) mass is 476 g/mol. The van der Waals surface area contributed by atoms with Gasteiger partial charge in [0.2, 0.25) is 0 Å². The Morgan fingerprint density at radius 3 is 2.27 bits per heavy atom. The van der Waals surface area contributed by atoms with E-state index < -0.39 is 8.32 Å². The second-order valence-electron chi connectivity index (χ2n) is 14.3. The van der Waals surface area contributed by atoms with Crippen LogP contribution in [0.15, 0.2) is 11.5 Å². The Balaban J connectivity index is 1.62. The molecule has 0 spiro atoms. The van der Waals surface area contributed by atoms with E-state index in [1.165, 1.54) is 51.4 Å². The molecule has 4 atom stereocenters. The molecule has 190 valence electrons. The van der Waals surface area contributed by atoms with Crippen molar-refractivity contribution in [3.05, 3.63) is 11.5 Å². The third kappa shape index (κ3) is 6.19. The van der Waals surface area contributed by atoms with Crippen LogP contribution in [-0.2, 0) is 13.7 Å². The van der Waals surface area contributed by atoms with Gasteiger partial charge in [0.1, 0.15) is 0 Å². The van der Waals surface area contributed by atoms with Gasteiger partial charge in [-0.25, -0.2) is 0 Å². The van der Waals surface area contributed by atoms with Gasteiger partial charge in [0.15, 0.2) is 8.32 Å². The maximum absolute atomic E-state index is 6.45. The first-order valence-corrected chi connectivity index (χ1v) is 17.1. The molecule has 1 unspecified atom stereocenters. The molecule has 0 amide bonds. The Morgan fingerprint density at radius 1 is 1.09 bits per heavy atom. The van der Waals surface area contributed by atoms with Gasteiger partial charge < -0.3 is 13.7 Å². The lowest BCUT2D eigenvalue weighted by Crippen LogP contribution is -2.41. The molecule has 1 aliphatic heterocycles. The van der Waals surface area contributed by atoms with Gasteiger partial charge in [-0.2, -0.15) is 0 Å². The van der Waals surface area contributed by atoms with Gasteiger partial charge in [-0.3, -0.25) is 0 Å². The van der Waals surface area contributed by atoms with Crippen LogP contribution in [-0.4, -0.2) is 32.2 Å². The van der Waals surface area contributed by atoms with Crippen molar-refractivity contribution in [3.8, 4) is 0 Å². The minimum atomic E-state index is -1.50. The predicted molar refractivity (Wildman–Crippen MR) is 144 cm³/mol. The number of fused-ring (bicyclic) bond motifs is 1. The maximum Gasteiger partial charge on any atom is 0.487 e. The minimum Gasteiger partial charge on any atom is -0.413 e. The second kappa shape index (κ2) is 9.41. The van der Waals surface area contributed by atoms with Gasteiger partial charge in [-0.1, -0.05) is 38.2 Å². The maximum atomic E-state index is 6.45. The van der Waals surface area contributed by atoms with Crippen LogP contribution in [0.25, 0.3) is 0 Å². The molecule has 3 nitrogen and oxygen atoms in total. The molecule has 0 radical (unpaired) electrons. The SMILES string of the molecule is C[C@@H](CCCC(C)(C)O[Si](C)(C)C)[C@H]1CCC2/C(=C/B3OC(C)(C)C(C)(C)O3)CCC[C@@]21C. The zero-order valence-electron chi connectivity index (χ0n) is 23.8. The van der Waals surface area contributed by atoms with Crippen molar-refractivity contribution in [2.45, 2.75) is 143 Å². The van der Waals surface area contributed by atoms with Gasteiger partial charge in [0.05, 0.1) is 16.8 Å². The standard InChI is InChI=1S/C28H53BO3Si/c1-21(14-12-18-25(2,3)32-33(9,10)11)23-16-17-24-22(15-13-19-28(23,24)8)20-29-30-26(4,5)27(6,7)31-29/h20-21,23-24H,12-19H2,1-11H3/b22-20+/t21-,23+,24?,28+/m0/s1. The fourth-order valence-electron chi connectivity index (χ4n) is 7.28. The van der Waals surface area contributed by atoms with Crippen molar-refractivity contribution in [1.82, 2.24) is 0 Å². The molecular weight excluding hydrogens is 423 g/mol. The Hall–Kier alpha value is -0.0982. The van der Waals surface area contributed by atoms with Crippen LogP contribution < -0.4 is 0 Å². The molecule has 2 saturated carbocycles. The zero-order valence-corrected chi connectivity index (χ0v) is 24.8. The average molecular weight is 477 g/mol. The zero-order chi connectivity index (χ0) is 24.9. The van der Waals surface area contributed by atoms with Gasteiger partial charge in [-0.15, -0.1) is 0 Å². The summed E-state index contributed by atoms with van der Waals surface area (Å²) in [5.74, 6) is 4.66. The number of hydrogen-bond donors (Lipinski definition) is 0. The largest absolute Gasteiger partial charge is 0.487 e. The Bertz CT molecular complexity index is 707. The van der Waals surface area contributed by atoms with Crippen molar-refractivity contribution in [3.63, 3.8) is 0 Å². The lowest BCUT2D eigenvalue weighted by molar-refractivity contribution is 0.00578. The van der Waals surface area contributed by atoms with E-state index in [4.69, 9.17) is 13.7 Å². The summed E-state index contributed by atoms with van der Waals surface area (Å²) in [6.45, 7) is 25.2. The molecule has 0 aromatic carbocycles. The first kappa shape index (κ1) is 27.5. The number of allylic oxidation sites excluding steroid dienone is 1. The van der Waals surface area contributed by atoms with Crippen molar-refractivity contribution >= 4 is 15.4 Å². The molecule has 3 fully saturated rings. The highest BCUT2D eigenvalue weighted by Crippen LogP contribution is 2.60. The smallest absolute Gasteiger partial charge is 0.413 e. The van der Waals surface area contributed by atoms with Gasteiger partial charge in [0.25, 0.3) is 0 Å². The van der Waals surface area contributed by atoms with Crippen LogP contribution in [0.1, 0.15) is 107 Å². The highest BCUT2D eigenvalue weighted by molar-refractivity contribution is 6.69. The quantitative estimate of drug-likeness (QED) is 0.331. The highest BCUT2D eigenvalue weighted by atomic mass is 28.4. The fraction of sp³-hybridized carbons (Fsp3) is 0.929. The molecule has 0 aromatic heterocycles. The topological polar surface area (TPSA) is 27.7 Å². The van der Waals surface area contributed by atoms with E-state index in [1.54, 1.807) is 5.57 Å². The van der Waals surface area contributed by atoms with Crippen LogP contribution in [0.2, 0.25) is 19.6 Å². The first-order valence-electron chi connectivity index (χ1n) is 13.7. The summed E-state index contributed by atoms with van der Waals surface area (Å²) in [5.41, 5.74) is 1.54. The summed E-state index contributed by atoms with van der Waals surface area (Å²) in [6, 6.07) is 0. The molecular formula is C28H53BO3Si. The lowest BCUT2D eigenvalue weighted by atomic mass is 9.59.